The van der Waals surface area contributed by atoms with Crippen molar-refractivity contribution in [3.63, 3.8) is 0 Å². The van der Waals surface area contributed by atoms with Crippen molar-refractivity contribution in [1.82, 2.24) is 0 Å². The van der Waals surface area contributed by atoms with Gasteiger partial charge >= 0.3 is 59.1 Å². The standard InChI is InChI=1S/C15H12Br4O2.2Na/c1-15(2,7-3-9(16)13(20)10(17)4-7)8-5-11(18)14(21)12(19)6-8;;/h3-6,20-21H,1-2H3;;/q;2*+1/p-2. The van der Waals surface area contributed by atoms with E-state index in [9.17, 15) is 10.2 Å². The first-order valence-electron chi connectivity index (χ1n) is 5.97. The molecule has 0 unspecified atom stereocenters. The first-order valence-corrected chi connectivity index (χ1v) is 9.15. The predicted molar refractivity (Wildman–Crippen MR) is 94.7 cm³/mol. The van der Waals surface area contributed by atoms with Crippen LogP contribution in [0.25, 0.3) is 0 Å². The monoisotopic (exact) mass is 584 g/mol. The van der Waals surface area contributed by atoms with E-state index in [2.05, 4.69) is 63.7 Å². The Labute approximate surface area is 213 Å². The molecular formula is C15H10Br4Na2O2. The Balaban J connectivity index is 0.00000242. The third-order valence-corrected chi connectivity index (χ3v) is 5.80. The van der Waals surface area contributed by atoms with Gasteiger partial charge in [-0.15, -0.1) is 0 Å². The molecule has 0 N–H and O–H groups in total. The molecule has 0 amide bonds. The first-order chi connectivity index (χ1) is 9.64. The summed E-state index contributed by atoms with van der Waals surface area (Å²) in [7, 11) is 0. The first kappa shape index (κ1) is 25.0. The van der Waals surface area contributed by atoms with Crippen LogP contribution in [0, 0.1) is 0 Å². The number of halogens is 4. The topological polar surface area (TPSA) is 46.1 Å². The fraction of sp³-hybridized carbons (Fsp3) is 0.200. The second-order valence-corrected chi connectivity index (χ2v) is 8.58. The van der Waals surface area contributed by atoms with Crippen molar-refractivity contribution < 1.29 is 69.3 Å². The molecule has 0 heterocycles. The Hall–Kier alpha value is 1.96. The Kier molecular flexibility index (Phi) is 10.6. The Morgan fingerprint density at radius 2 is 0.870 bits per heavy atom. The molecule has 0 aliphatic heterocycles. The third kappa shape index (κ3) is 5.47. The summed E-state index contributed by atoms with van der Waals surface area (Å²) < 4.78 is 2.05. The summed E-state index contributed by atoms with van der Waals surface area (Å²) in [5.41, 5.74) is 1.58. The molecule has 0 aliphatic rings. The number of benzene rings is 2. The normalized spacial score (nSPS) is 10.7. The van der Waals surface area contributed by atoms with Crippen LogP contribution in [-0.2, 0) is 5.41 Å². The largest absolute Gasteiger partial charge is 1.00 e. The van der Waals surface area contributed by atoms with Crippen molar-refractivity contribution in [2.45, 2.75) is 19.3 Å². The van der Waals surface area contributed by atoms with Gasteiger partial charge in [0.25, 0.3) is 0 Å². The van der Waals surface area contributed by atoms with Crippen LogP contribution < -0.4 is 69.3 Å². The van der Waals surface area contributed by atoms with Crippen LogP contribution in [-0.4, -0.2) is 0 Å². The molecule has 2 nitrogen and oxygen atoms in total. The van der Waals surface area contributed by atoms with Crippen LogP contribution in [0.15, 0.2) is 42.2 Å². The van der Waals surface area contributed by atoms with Crippen LogP contribution in [0.3, 0.4) is 0 Å². The Bertz CT molecular complexity index is 615. The average molecular weight is 588 g/mol. The number of hydrogen-bond acceptors (Lipinski definition) is 2. The van der Waals surface area contributed by atoms with E-state index in [1.165, 1.54) is 0 Å². The van der Waals surface area contributed by atoms with Gasteiger partial charge in [-0.1, -0.05) is 89.1 Å². The molecule has 0 aromatic heterocycles. The summed E-state index contributed by atoms with van der Waals surface area (Å²) in [6, 6.07) is 7.28. The van der Waals surface area contributed by atoms with Crippen molar-refractivity contribution in [3.05, 3.63) is 53.3 Å². The Morgan fingerprint density at radius 3 is 1.09 bits per heavy atom. The zero-order chi connectivity index (χ0) is 15.9. The average Bonchev–Trinajstić information content (AvgIpc) is 2.40. The van der Waals surface area contributed by atoms with Gasteiger partial charge in [-0.25, -0.2) is 0 Å². The fourth-order valence-electron chi connectivity index (χ4n) is 2.01. The number of rotatable bonds is 2. The van der Waals surface area contributed by atoms with Crippen LogP contribution in [0.5, 0.6) is 11.5 Å². The molecule has 0 bridgehead atoms. The van der Waals surface area contributed by atoms with Crippen molar-refractivity contribution in [1.29, 1.82) is 0 Å². The van der Waals surface area contributed by atoms with Gasteiger partial charge in [-0.05, 0) is 35.4 Å². The van der Waals surface area contributed by atoms with Gasteiger partial charge in [0, 0.05) is 23.3 Å². The van der Waals surface area contributed by atoms with Crippen LogP contribution >= 0.6 is 63.7 Å². The van der Waals surface area contributed by atoms with E-state index in [1.54, 1.807) is 0 Å². The number of hydrogen-bond donors (Lipinski definition) is 0. The molecule has 0 aliphatic carbocycles. The van der Waals surface area contributed by atoms with Crippen molar-refractivity contribution in [2.75, 3.05) is 0 Å². The second kappa shape index (κ2) is 9.77. The van der Waals surface area contributed by atoms with E-state index in [0.29, 0.717) is 17.9 Å². The van der Waals surface area contributed by atoms with Crippen LogP contribution in [0.1, 0.15) is 25.0 Å². The van der Waals surface area contributed by atoms with E-state index in [1.807, 2.05) is 38.1 Å². The molecule has 112 valence electrons. The van der Waals surface area contributed by atoms with Gasteiger partial charge < -0.3 is 10.2 Å². The molecule has 2 aromatic carbocycles. The van der Waals surface area contributed by atoms with E-state index in [-0.39, 0.29) is 76.0 Å². The van der Waals surface area contributed by atoms with Gasteiger partial charge in [-0.3, -0.25) is 0 Å². The minimum atomic E-state index is -0.364. The van der Waals surface area contributed by atoms with Crippen molar-refractivity contribution >= 4 is 63.7 Å². The molecule has 0 saturated carbocycles. The van der Waals surface area contributed by atoms with Gasteiger partial charge in [0.05, 0.1) is 0 Å². The minimum Gasteiger partial charge on any atom is -0.871 e. The maximum atomic E-state index is 11.8. The zero-order valence-corrected chi connectivity index (χ0v) is 23.5. The molecule has 0 atom stereocenters. The predicted octanol–water partition coefficient (Wildman–Crippen LogP) is -0.782. The van der Waals surface area contributed by atoms with Gasteiger partial charge in [-0.2, -0.15) is 0 Å². The molecule has 0 spiro atoms. The van der Waals surface area contributed by atoms with E-state index in [4.69, 9.17) is 0 Å². The summed E-state index contributed by atoms with van der Waals surface area (Å²) in [6.07, 6.45) is 0. The van der Waals surface area contributed by atoms with Crippen LogP contribution in [0.2, 0.25) is 0 Å². The molecular weight excluding hydrogens is 578 g/mol. The quantitative estimate of drug-likeness (QED) is 0.433. The van der Waals surface area contributed by atoms with Gasteiger partial charge in [0.2, 0.25) is 0 Å². The zero-order valence-electron chi connectivity index (χ0n) is 13.1. The maximum absolute atomic E-state index is 11.8. The molecule has 23 heavy (non-hydrogen) atoms. The van der Waals surface area contributed by atoms with Gasteiger partial charge in [0.1, 0.15) is 0 Å². The van der Waals surface area contributed by atoms with E-state index in [0.717, 1.165) is 11.1 Å². The third-order valence-electron chi connectivity index (χ3n) is 3.44. The minimum absolute atomic E-state index is 0. The maximum Gasteiger partial charge on any atom is 1.00 e. The van der Waals surface area contributed by atoms with E-state index < -0.39 is 0 Å². The smallest absolute Gasteiger partial charge is 0.871 e. The van der Waals surface area contributed by atoms with Crippen molar-refractivity contribution in [2.24, 2.45) is 0 Å². The summed E-state index contributed by atoms with van der Waals surface area (Å²) in [5.74, 6) is -0.154. The van der Waals surface area contributed by atoms with Crippen molar-refractivity contribution in [3.8, 4) is 11.5 Å². The molecule has 0 fully saturated rings. The molecule has 8 heteroatoms. The molecule has 2 rings (SSSR count). The second-order valence-electron chi connectivity index (χ2n) is 5.16. The van der Waals surface area contributed by atoms with Gasteiger partial charge in [0.15, 0.2) is 0 Å². The molecule has 0 saturated heterocycles. The van der Waals surface area contributed by atoms with E-state index >= 15 is 0 Å². The molecule has 0 radical (unpaired) electrons. The summed E-state index contributed by atoms with van der Waals surface area (Å²) >= 11 is 13.2. The molecule has 2 aromatic rings. The fourth-order valence-corrected chi connectivity index (χ4v) is 4.38. The van der Waals surface area contributed by atoms with Crippen LogP contribution in [0.4, 0.5) is 0 Å². The Morgan fingerprint density at radius 1 is 0.652 bits per heavy atom. The summed E-state index contributed by atoms with van der Waals surface area (Å²) in [4.78, 5) is 0. The SMILES string of the molecule is CC(C)(c1cc(Br)c([O-])c(Br)c1)c1cc(Br)c([O-])c(Br)c1.[Na+].[Na+]. The summed E-state index contributed by atoms with van der Waals surface area (Å²) in [5, 5.41) is 23.6. The summed E-state index contributed by atoms with van der Waals surface area (Å²) in [6.45, 7) is 4.09.